The number of hydrogen-bond donors (Lipinski definition) is 1. The van der Waals surface area contributed by atoms with Gasteiger partial charge in [0, 0.05) is 18.9 Å². The van der Waals surface area contributed by atoms with E-state index < -0.39 is 0 Å². The molecule has 0 saturated carbocycles. The van der Waals surface area contributed by atoms with Crippen LogP contribution in [0.2, 0.25) is 0 Å². The van der Waals surface area contributed by atoms with Crippen molar-refractivity contribution in [2.75, 3.05) is 17.2 Å². The summed E-state index contributed by atoms with van der Waals surface area (Å²) in [5.41, 5.74) is 7.83. The van der Waals surface area contributed by atoms with Gasteiger partial charge in [-0.3, -0.25) is 4.40 Å². The Hall–Kier alpha value is -2.63. The number of anilines is 2. The van der Waals surface area contributed by atoms with Crippen molar-refractivity contribution in [2.45, 2.75) is 25.3 Å². The van der Waals surface area contributed by atoms with Crippen LogP contribution in [0.3, 0.4) is 0 Å². The Morgan fingerprint density at radius 1 is 1.09 bits per heavy atom. The van der Waals surface area contributed by atoms with Crippen LogP contribution in [0.25, 0.3) is 5.65 Å². The maximum atomic E-state index is 5.89. The van der Waals surface area contributed by atoms with E-state index in [2.05, 4.69) is 50.4 Å². The van der Waals surface area contributed by atoms with Gasteiger partial charge in [0.15, 0.2) is 5.82 Å². The van der Waals surface area contributed by atoms with Gasteiger partial charge in [-0.25, -0.2) is 4.98 Å². The van der Waals surface area contributed by atoms with Crippen LogP contribution in [0.4, 0.5) is 11.8 Å². The number of benzene rings is 1. The molecular formula is C16H18N6. The van der Waals surface area contributed by atoms with E-state index >= 15 is 0 Å². The van der Waals surface area contributed by atoms with E-state index in [4.69, 9.17) is 5.73 Å². The molecule has 4 rings (SSSR count). The topological polar surface area (TPSA) is 72.3 Å². The van der Waals surface area contributed by atoms with Gasteiger partial charge in [0.25, 0.3) is 0 Å². The summed E-state index contributed by atoms with van der Waals surface area (Å²) in [5.74, 6) is 1.26. The van der Waals surface area contributed by atoms with E-state index in [-0.39, 0.29) is 0 Å². The molecule has 112 valence electrons. The monoisotopic (exact) mass is 294 g/mol. The van der Waals surface area contributed by atoms with Gasteiger partial charge in [-0.1, -0.05) is 30.3 Å². The zero-order valence-electron chi connectivity index (χ0n) is 12.3. The third kappa shape index (κ3) is 2.07. The fourth-order valence-corrected chi connectivity index (χ4v) is 3.22. The average molecular weight is 294 g/mol. The van der Waals surface area contributed by atoms with E-state index in [0.717, 1.165) is 18.9 Å². The maximum Gasteiger partial charge on any atom is 0.232 e. The van der Waals surface area contributed by atoms with E-state index in [1.165, 1.54) is 18.4 Å². The van der Waals surface area contributed by atoms with Crippen LogP contribution >= 0.6 is 0 Å². The van der Waals surface area contributed by atoms with Crippen molar-refractivity contribution in [3.63, 3.8) is 0 Å². The molecule has 3 aromatic rings. The lowest BCUT2D eigenvalue weighted by atomic mass is 9.96. The predicted octanol–water partition coefficient (Wildman–Crippen LogP) is 2.44. The minimum atomic E-state index is 0.330. The molecule has 3 heterocycles. The van der Waals surface area contributed by atoms with Gasteiger partial charge in [-0.15, -0.1) is 10.2 Å². The predicted molar refractivity (Wildman–Crippen MR) is 85.6 cm³/mol. The molecule has 0 radical (unpaired) electrons. The van der Waals surface area contributed by atoms with Crippen molar-refractivity contribution in [2.24, 2.45) is 0 Å². The Morgan fingerprint density at radius 2 is 1.95 bits per heavy atom. The third-order valence-electron chi connectivity index (χ3n) is 4.28. The summed E-state index contributed by atoms with van der Waals surface area (Å²) in [6.07, 6.45) is 7.09. The minimum Gasteiger partial charge on any atom is -0.381 e. The largest absolute Gasteiger partial charge is 0.381 e. The smallest absolute Gasteiger partial charge is 0.232 e. The average Bonchev–Trinajstić information content (AvgIpc) is 3.01. The lowest BCUT2D eigenvalue weighted by molar-refractivity contribution is 0.464. The number of piperidine rings is 1. The summed E-state index contributed by atoms with van der Waals surface area (Å²) in [6.45, 7) is 0.975. The SMILES string of the molecule is Nc1nccn2c(N3CCCCC3c3ccccc3)nnc12. The highest BCUT2D eigenvalue weighted by Gasteiger charge is 2.27. The molecule has 2 aromatic heterocycles. The molecule has 22 heavy (non-hydrogen) atoms. The van der Waals surface area contributed by atoms with Crippen LogP contribution in [0.5, 0.6) is 0 Å². The van der Waals surface area contributed by atoms with Crippen molar-refractivity contribution < 1.29 is 0 Å². The van der Waals surface area contributed by atoms with Crippen LogP contribution in [-0.2, 0) is 0 Å². The molecule has 1 fully saturated rings. The van der Waals surface area contributed by atoms with Crippen LogP contribution in [0, 0.1) is 0 Å². The van der Waals surface area contributed by atoms with Gasteiger partial charge >= 0.3 is 0 Å². The molecule has 0 bridgehead atoms. The zero-order valence-corrected chi connectivity index (χ0v) is 12.3. The molecule has 6 heteroatoms. The maximum absolute atomic E-state index is 5.89. The lowest BCUT2D eigenvalue weighted by Crippen LogP contribution is -2.34. The molecule has 1 saturated heterocycles. The van der Waals surface area contributed by atoms with Crippen LogP contribution < -0.4 is 10.6 Å². The number of rotatable bonds is 2. The van der Waals surface area contributed by atoms with Crippen LogP contribution in [0.15, 0.2) is 42.7 Å². The zero-order chi connectivity index (χ0) is 14.9. The van der Waals surface area contributed by atoms with Crippen molar-refractivity contribution >= 4 is 17.4 Å². The highest BCUT2D eigenvalue weighted by atomic mass is 15.4. The normalized spacial score (nSPS) is 18.7. The summed E-state index contributed by atoms with van der Waals surface area (Å²) in [7, 11) is 0. The Kier molecular flexibility index (Phi) is 3.14. The van der Waals surface area contributed by atoms with Crippen LogP contribution in [-0.4, -0.2) is 26.1 Å². The number of aromatic nitrogens is 4. The third-order valence-corrected chi connectivity index (χ3v) is 4.28. The number of nitrogens with zero attached hydrogens (tertiary/aromatic N) is 5. The van der Waals surface area contributed by atoms with Crippen molar-refractivity contribution in [3.05, 3.63) is 48.3 Å². The Morgan fingerprint density at radius 3 is 2.82 bits per heavy atom. The molecule has 0 spiro atoms. The van der Waals surface area contributed by atoms with Gasteiger partial charge in [0.2, 0.25) is 11.6 Å². The molecule has 0 amide bonds. The standard InChI is InChI=1S/C16H18N6/c17-14-15-19-20-16(22(15)11-9-18-14)21-10-5-4-8-13(21)12-6-2-1-3-7-12/h1-3,6-7,9,11,13H,4-5,8,10H2,(H2,17,18). The molecule has 2 N–H and O–H groups in total. The summed E-state index contributed by atoms with van der Waals surface area (Å²) >= 11 is 0. The van der Waals surface area contributed by atoms with Gasteiger partial charge < -0.3 is 10.6 Å². The highest BCUT2D eigenvalue weighted by molar-refractivity contribution is 5.62. The fraction of sp³-hybridized carbons (Fsp3) is 0.312. The van der Waals surface area contributed by atoms with Gasteiger partial charge in [-0.2, -0.15) is 0 Å². The number of hydrogen-bond acceptors (Lipinski definition) is 5. The van der Waals surface area contributed by atoms with Gasteiger partial charge in [-0.05, 0) is 24.8 Å². The number of fused-ring (bicyclic) bond motifs is 1. The summed E-state index contributed by atoms with van der Waals surface area (Å²) < 4.78 is 1.93. The highest BCUT2D eigenvalue weighted by Crippen LogP contribution is 2.34. The summed E-state index contributed by atoms with van der Waals surface area (Å²) in [6, 6.07) is 10.9. The second-order valence-corrected chi connectivity index (χ2v) is 5.62. The molecule has 0 aliphatic carbocycles. The van der Waals surface area contributed by atoms with E-state index in [1.54, 1.807) is 6.20 Å². The first kappa shape index (κ1) is 13.1. The first-order valence-electron chi connectivity index (χ1n) is 7.61. The number of nitrogen functional groups attached to an aromatic ring is 1. The lowest BCUT2D eigenvalue weighted by Gasteiger charge is -2.36. The molecule has 1 unspecified atom stereocenters. The van der Waals surface area contributed by atoms with Crippen molar-refractivity contribution in [1.82, 2.24) is 19.6 Å². The quantitative estimate of drug-likeness (QED) is 0.786. The minimum absolute atomic E-state index is 0.330. The van der Waals surface area contributed by atoms with E-state index in [0.29, 0.717) is 17.5 Å². The summed E-state index contributed by atoms with van der Waals surface area (Å²) in [4.78, 5) is 6.41. The molecular weight excluding hydrogens is 276 g/mol. The molecule has 1 aliphatic rings. The number of nitrogens with two attached hydrogens (primary N) is 1. The van der Waals surface area contributed by atoms with E-state index in [1.807, 2.05) is 10.6 Å². The first-order chi connectivity index (χ1) is 10.8. The second-order valence-electron chi connectivity index (χ2n) is 5.62. The van der Waals surface area contributed by atoms with E-state index in [9.17, 15) is 0 Å². The Labute approximate surface area is 128 Å². The molecule has 6 nitrogen and oxygen atoms in total. The molecule has 1 atom stereocenters. The molecule has 1 aliphatic heterocycles. The van der Waals surface area contributed by atoms with Gasteiger partial charge in [0.05, 0.1) is 6.04 Å². The van der Waals surface area contributed by atoms with Crippen molar-refractivity contribution in [1.29, 1.82) is 0 Å². The van der Waals surface area contributed by atoms with Crippen LogP contribution in [0.1, 0.15) is 30.9 Å². The van der Waals surface area contributed by atoms with Gasteiger partial charge in [0.1, 0.15) is 0 Å². The summed E-state index contributed by atoms with van der Waals surface area (Å²) in [5, 5.41) is 8.58. The fourth-order valence-electron chi connectivity index (χ4n) is 3.22. The molecule has 1 aromatic carbocycles. The van der Waals surface area contributed by atoms with Crippen molar-refractivity contribution in [3.8, 4) is 0 Å². The second kappa shape index (κ2) is 5.29. The Balaban J connectivity index is 1.79. The first-order valence-corrected chi connectivity index (χ1v) is 7.61. The Bertz CT molecular complexity index is 782.